The van der Waals surface area contributed by atoms with Crippen LogP contribution in [0.25, 0.3) is 52.8 Å². The molecule has 2 heteroatoms. The molecule has 7 aromatic carbocycles. The molecule has 0 saturated heterocycles. The molecule has 0 N–H and O–H groups in total. The van der Waals surface area contributed by atoms with Crippen molar-refractivity contribution in [3.63, 3.8) is 0 Å². The van der Waals surface area contributed by atoms with Crippen molar-refractivity contribution in [1.29, 1.82) is 0 Å². The Morgan fingerprint density at radius 3 is 1.88 bits per heavy atom. The molecule has 0 radical (unpaired) electrons. The summed E-state index contributed by atoms with van der Waals surface area (Å²) in [6.45, 7) is 0. The lowest BCUT2D eigenvalue weighted by atomic mass is 9.98. The van der Waals surface area contributed by atoms with Crippen molar-refractivity contribution in [2.45, 2.75) is 0 Å². The fraction of sp³-hybridized carbons (Fsp3) is 0. The van der Waals surface area contributed by atoms with Crippen LogP contribution in [0, 0.1) is 0 Å². The summed E-state index contributed by atoms with van der Waals surface area (Å²) in [5.41, 5.74) is 5.92. The van der Waals surface area contributed by atoms with E-state index in [9.17, 15) is 0 Å². The molecule has 0 saturated carbocycles. The van der Waals surface area contributed by atoms with Crippen LogP contribution in [0.2, 0.25) is 0 Å². The third kappa shape index (κ3) is 3.77. The van der Waals surface area contributed by atoms with Crippen LogP contribution in [-0.4, -0.2) is 0 Å². The lowest BCUT2D eigenvalue weighted by molar-refractivity contribution is 1.29. The predicted molar refractivity (Wildman–Crippen MR) is 174 cm³/mol. The Morgan fingerprint density at radius 1 is 0.400 bits per heavy atom. The molecule has 0 aliphatic rings. The summed E-state index contributed by atoms with van der Waals surface area (Å²) in [4.78, 5) is 2.36. The summed E-state index contributed by atoms with van der Waals surface area (Å²) in [5.74, 6) is 0. The Kier molecular flexibility index (Phi) is 5.39. The molecule has 0 bridgehead atoms. The van der Waals surface area contributed by atoms with Crippen LogP contribution in [0.4, 0.5) is 17.1 Å². The number of nitrogens with zero attached hydrogens (tertiary/aromatic N) is 1. The molecule has 0 fully saturated rings. The highest BCUT2D eigenvalue weighted by Gasteiger charge is 2.16. The Morgan fingerprint density at radius 2 is 1.05 bits per heavy atom. The van der Waals surface area contributed by atoms with Crippen molar-refractivity contribution in [2.24, 2.45) is 0 Å². The standard InChI is InChI=1S/C38H25NS/c1-2-12-29(13-3-1)39(30-20-17-28(18-21-30)33-16-8-11-26-9-4-6-14-32(26)33)31-22-24-37-36(25-31)35-23-19-27-10-5-7-15-34(27)38(35)40-37/h1-25H. The molecular weight excluding hydrogens is 502 g/mol. The van der Waals surface area contributed by atoms with Gasteiger partial charge in [0.05, 0.1) is 0 Å². The van der Waals surface area contributed by atoms with E-state index in [4.69, 9.17) is 0 Å². The van der Waals surface area contributed by atoms with E-state index in [0.29, 0.717) is 0 Å². The molecule has 8 rings (SSSR count). The maximum absolute atomic E-state index is 2.36. The minimum Gasteiger partial charge on any atom is -0.310 e. The zero-order chi connectivity index (χ0) is 26.5. The third-order valence-corrected chi connectivity index (χ3v) is 9.06. The minimum absolute atomic E-state index is 1.14. The number of hydrogen-bond donors (Lipinski definition) is 0. The highest BCUT2D eigenvalue weighted by molar-refractivity contribution is 7.26. The van der Waals surface area contributed by atoms with Crippen molar-refractivity contribution in [3.05, 3.63) is 152 Å². The van der Waals surface area contributed by atoms with E-state index in [1.165, 1.54) is 52.8 Å². The smallest absolute Gasteiger partial charge is 0.0468 e. The summed E-state index contributed by atoms with van der Waals surface area (Å²) in [5, 5.41) is 7.78. The van der Waals surface area contributed by atoms with Gasteiger partial charge < -0.3 is 4.90 Å². The van der Waals surface area contributed by atoms with Crippen LogP contribution >= 0.6 is 11.3 Å². The summed E-state index contributed by atoms with van der Waals surface area (Å²) in [7, 11) is 0. The van der Waals surface area contributed by atoms with Gasteiger partial charge in [-0.15, -0.1) is 11.3 Å². The first-order chi connectivity index (χ1) is 19.8. The number of fused-ring (bicyclic) bond motifs is 6. The molecule has 8 aromatic rings. The zero-order valence-corrected chi connectivity index (χ0v) is 22.6. The van der Waals surface area contributed by atoms with E-state index in [0.717, 1.165) is 17.1 Å². The second-order valence-electron chi connectivity index (χ2n) is 10.2. The molecule has 0 aliphatic heterocycles. The Labute approximate surface area is 237 Å². The second-order valence-corrected chi connectivity index (χ2v) is 11.2. The van der Waals surface area contributed by atoms with Crippen molar-refractivity contribution >= 4 is 70.1 Å². The van der Waals surface area contributed by atoms with Crippen molar-refractivity contribution in [3.8, 4) is 11.1 Å². The van der Waals surface area contributed by atoms with E-state index in [2.05, 4.69) is 157 Å². The van der Waals surface area contributed by atoms with E-state index in [-0.39, 0.29) is 0 Å². The van der Waals surface area contributed by atoms with Gasteiger partial charge in [-0.25, -0.2) is 0 Å². The molecule has 1 aromatic heterocycles. The number of benzene rings is 7. The van der Waals surface area contributed by atoms with Crippen molar-refractivity contribution < 1.29 is 0 Å². The van der Waals surface area contributed by atoms with Crippen LogP contribution in [0.5, 0.6) is 0 Å². The lowest BCUT2D eigenvalue weighted by Gasteiger charge is -2.26. The van der Waals surface area contributed by atoms with Crippen LogP contribution in [0.15, 0.2) is 152 Å². The van der Waals surface area contributed by atoms with Gasteiger partial charge in [-0.3, -0.25) is 0 Å². The molecule has 0 atom stereocenters. The lowest BCUT2D eigenvalue weighted by Crippen LogP contribution is -2.09. The van der Waals surface area contributed by atoms with Gasteiger partial charge in [0, 0.05) is 37.2 Å². The third-order valence-electron chi connectivity index (χ3n) is 7.84. The van der Waals surface area contributed by atoms with Crippen LogP contribution in [-0.2, 0) is 0 Å². The summed E-state index contributed by atoms with van der Waals surface area (Å²) in [6, 6.07) is 54.9. The van der Waals surface area contributed by atoms with Gasteiger partial charge in [0.1, 0.15) is 0 Å². The highest BCUT2D eigenvalue weighted by atomic mass is 32.1. The van der Waals surface area contributed by atoms with Gasteiger partial charge in [-0.1, -0.05) is 109 Å². The first kappa shape index (κ1) is 23.0. The van der Waals surface area contributed by atoms with E-state index in [1.807, 2.05) is 11.3 Å². The fourth-order valence-electron chi connectivity index (χ4n) is 5.92. The van der Waals surface area contributed by atoms with Crippen molar-refractivity contribution in [2.75, 3.05) is 4.90 Å². The largest absolute Gasteiger partial charge is 0.310 e. The number of anilines is 3. The Hall–Kier alpha value is -4.92. The molecule has 0 amide bonds. The van der Waals surface area contributed by atoms with E-state index < -0.39 is 0 Å². The molecule has 0 spiro atoms. The first-order valence-corrected chi connectivity index (χ1v) is 14.4. The molecule has 1 nitrogen and oxygen atoms in total. The number of hydrogen-bond acceptors (Lipinski definition) is 2. The predicted octanol–water partition coefficient (Wildman–Crippen LogP) is 11.5. The van der Waals surface area contributed by atoms with Gasteiger partial charge >= 0.3 is 0 Å². The monoisotopic (exact) mass is 527 g/mol. The molecule has 0 unspecified atom stereocenters. The fourth-order valence-corrected chi connectivity index (χ4v) is 7.14. The summed E-state index contributed by atoms with van der Waals surface area (Å²) >= 11 is 1.89. The second kappa shape index (κ2) is 9.37. The van der Waals surface area contributed by atoms with Gasteiger partial charge in [0.25, 0.3) is 0 Å². The average Bonchev–Trinajstić information content (AvgIpc) is 3.40. The number of para-hydroxylation sites is 1. The van der Waals surface area contributed by atoms with Gasteiger partial charge in [0.2, 0.25) is 0 Å². The maximum Gasteiger partial charge on any atom is 0.0468 e. The number of thiophene rings is 1. The van der Waals surface area contributed by atoms with Crippen LogP contribution in [0.3, 0.4) is 0 Å². The van der Waals surface area contributed by atoms with Crippen LogP contribution in [0.1, 0.15) is 0 Å². The van der Waals surface area contributed by atoms with Crippen LogP contribution < -0.4 is 4.90 Å². The SMILES string of the molecule is c1ccc(N(c2ccc(-c3cccc4ccccc34)cc2)c2ccc3sc4c5ccccc5ccc4c3c2)cc1. The van der Waals surface area contributed by atoms with Gasteiger partial charge in [0.15, 0.2) is 0 Å². The summed E-state index contributed by atoms with van der Waals surface area (Å²) < 4.78 is 2.67. The molecule has 40 heavy (non-hydrogen) atoms. The quantitative estimate of drug-likeness (QED) is 0.220. The first-order valence-electron chi connectivity index (χ1n) is 13.6. The van der Waals surface area contributed by atoms with E-state index >= 15 is 0 Å². The van der Waals surface area contributed by atoms with Gasteiger partial charge in [-0.2, -0.15) is 0 Å². The number of rotatable bonds is 4. The molecule has 1 heterocycles. The highest BCUT2D eigenvalue weighted by Crippen LogP contribution is 2.43. The maximum atomic E-state index is 2.36. The average molecular weight is 528 g/mol. The van der Waals surface area contributed by atoms with Crippen molar-refractivity contribution in [1.82, 2.24) is 0 Å². The topological polar surface area (TPSA) is 3.24 Å². The zero-order valence-electron chi connectivity index (χ0n) is 21.8. The Bertz CT molecular complexity index is 2150. The van der Waals surface area contributed by atoms with E-state index in [1.54, 1.807) is 0 Å². The normalized spacial score (nSPS) is 11.5. The molecule has 0 aliphatic carbocycles. The molecule has 188 valence electrons. The summed E-state index contributed by atoms with van der Waals surface area (Å²) in [6.07, 6.45) is 0. The Balaban J connectivity index is 1.27. The minimum atomic E-state index is 1.14. The van der Waals surface area contributed by atoms with Gasteiger partial charge in [-0.05, 0) is 75.1 Å². The molecular formula is C38H25NS.